The van der Waals surface area contributed by atoms with Crippen LogP contribution in [-0.4, -0.2) is 38.6 Å². The van der Waals surface area contributed by atoms with Crippen LogP contribution in [0.3, 0.4) is 0 Å². The molecule has 2 aromatic heterocycles. The average molecular weight is 440 g/mol. The molecule has 0 spiro atoms. The Labute approximate surface area is 186 Å². The summed E-state index contributed by atoms with van der Waals surface area (Å²) in [6.07, 6.45) is 8.91. The summed E-state index contributed by atoms with van der Waals surface area (Å²) in [4.78, 5) is 43.0. The quantitative estimate of drug-likeness (QED) is 0.637. The third kappa shape index (κ3) is 4.24. The number of hydrogen-bond donors (Lipinski definition) is 2. The topological polar surface area (TPSA) is 131 Å². The van der Waals surface area contributed by atoms with Crippen LogP contribution in [0.1, 0.15) is 69.9 Å². The van der Waals surface area contributed by atoms with Gasteiger partial charge in [0.05, 0.1) is 17.8 Å². The van der Waals surface area contributed by atoms with E-state index in [4.69, 9.17) is 10.5 Å². The smallest absolute Gasteiger partial charge is 0.309 e. The molecule has 2 heterocycles. The number of hydrogen-bond acceptors (Lipinski definition) is 6. The van der Waals surface area contributed by atoms with Crippen LogP contribution in [0.5, 0.6) is 0 Å². The van der Waals surface area contributed by atoms with Crippen molar-refractivity contribution in [1.82, 2.24) is 15.2 Å². The average Bonchev–Trinajstić information content (AvgIpc) is 3.26. The largest absolute Gasteiger partial charge is 0.449 e. The van der Waals surface area contributed by atoms with Crippen LogP contribution in [0.25, 0.3) is 0 Å². The Bertz CT molecular complexity index is 977. The van der Waals surface area contributed by atoms with Crippen molar-refractivity contribution < 1.29 is 19.1 Å². The minimum atomic E-state index is -1.27. The van der Waals surface area contributed by atoms with E-state index in [0.717, 1.165) is 37.8 Å². The molecular weight excluding hydrogens is 410 g/mol. The van der Waals surface area contributed by atoms with E-state index in [0.29, 0.717) is 30.8 Å². The number of carbonyl (C=O) groups excluding carboxylic acids is 3. The van der Waals surface area contributed by atoms with Gasteiger partial charge in [-0.25, -0.2) is 0 Å². The number of anilines is 2. The molecule has 0 atom stereocenters. The summed E-state index contributed by atoms with van der Waals surface area (Å²) in [7, 11) is 0. The highest BCUT2D eigenvalue weighted by Crippen LogP contribution is 2.48. The number of ether oxygens (including phenoxy) is 1. The Morgan fingerprint density at radius 3 is 2.62 bits per heavy atom. The number of esters is 1. The van der Waals surface area contributed by atoms with Gasteiger partial charge in [-0.1, -0.05) is 26.2 Å². The molecule has 0 bridgehead atoms. The van der Waals surface area contributed by atoms with Gasteiger partial charge in [-0.2, -0.15) is 5.10 Å². The van der Waals surface area contributed by atoms with Gasteiger partial charge in [0.2, 0.25) is 5.91 Å². The molecule has 9 nitrogen and oxygen atoms in total. The molecule has 2 aliphatic rings. The molecule has 0 aromatic carbocycles. The number of H-pyrrole nitrogens is 1. The number of carbonyl (C=O) groups is 3. The normalized spacial score (nSPS) is 23.2. The maximum absolute atomic E-state index is 12.6. The number of rotatable bonds is 7. The number of nitrogens with one attached hydrogen (secondary N) is 1. The van der Waals surface area contributed by atoms with E-state index in [1.165, 1.54) is 4.90 Å². The predicted molar refractivity (Wildman–Crippen MR) is 117 cm³/mol. The fourth-order valence-electron chi connectivity index (χ4n) is 4.60. The minimum absolute atomic E-state index is 0.0737. The monoisotopic (exact) mass is 439 g/mol. The molecule has 4 rings (SSSR count). The lowest BCUT2D eigenvalue weighted by atomic mass is 9.68. The molecule has 2 saturated carbocycles. The van der Waals surface area contributed by atoms with Gasteiger partial charge in [0.25, 0.3) is 5.91 Å². The second kappa shape index (κ2) is 9.10. The highest BCUT2D eigenvalue weighted by atomic mass is 16.6. The molecule has 3 N–H and O–H groups in total. The van der Waals surface area contributed by atoms with Crippen LogP contribution in [-0.2, 0) is 19.1 Å². The van der Waals surface area contributed by atoms with Gasteiger partial charge in [0.1, 0.15) is 0 Å². The summed E-state index contributed by atoms with van der Waals surface area (Å²) in [6, 6.07) is 5.34. The first kappa shape index (κ1) is 22.0. The standard InChI is InChI=1S/C23H29N5O4/c1-2-20(29)28(17-9-6-10-25-14-17)19-11-18(26-27-19)16-12-23(13-16,22(24)31)32-21(30)15-7-4-3-5-8-15/h6,9-11,14-16H,2-5,7-8,12-13H2,1H3,(H2,24,31)(H,26,27). The lowest BCUT2D eigenvalue weighted by Crippen LogP contribution is -2.56. The second-order valence-corrected chi connectivity index (χ2v) is 8.70. The molecule has 32 heavy (non-hydrogen) atoms. The molecule has 0 aliphatic heterocycles. The van der Waals surface area contributed by atoms with Crippen LogP contribution in [0, 0.1) is 5.92 Å². The van der Waals surface area contributed by atoms with Crippen molar-refractivity contribution in [2.75, 3.05) is 4.90 Å². The van der Waals surface area contributed by atoms with Crippen molar-refractivity contribution in [3.8, 4) is 0 Å². The van der Waals surface area contributed by atoms with Crippen molar-refractivity contribution in [1.29, 1.82) is 0 Å². The van der Waals surface area contributed by atoms with Gasteiger partial charge in [0, 0.05) is 43.1 Å². The maximum atomic E-state index is 12.6. The zero-order valence-corrected chi connectivity index (χ0v) is 18.3. The summed E-state index contributed by atoms with van der Waals surface area (Å²) in [5.41, 5.74) is 5.76. The first-order valence-corrected chi connectivity index (χ1v) is 11.2. The minimum Gasteiger partial charge on any atom is -0.449 e. The Kier molecular flexibility index (Phi) is 6.25. The van der Waals surface area contributed by atoms with Crippen molar-refractivity contribution in [2.45, 2.75) is 69.8 Å². The number of aromatic amines is 1. The van der Waals surface area contributed by atoms with Gasteiger partial charge >= 0.3 is 5.97 Å². The van der Waals surface area contributed by atoms with E-state index in [2.05, 4.69) is 15.2 Å². The highest BCUT2D eigenvalue weighted by molar-refractivity contribution is 5.99. The van der Waals surface area contributed by atoms with Crippen molar-refractivity contribution in [3.63, 3.8) is 0 Å². The molecule has 0 unspecified atom stereocenters. The molecular formula is C23H29N5O4. The zero-order valence-electron chi connectivity index (χ0n) is 18.3. The number of pyridine rings is 1. The Morgan fingerprint density at radius 2 is 2.00 bits per heavy atom. The Hall–Kier alpha value is -3.23. The van der Waals surface area contributed by atoms with E-state index in [9.17, 15) is 14.4 Å². The predicted octanol–water partition coefficient (Wildman–Crippen LogP) is 3.10. The summed E-state index contributed by atoms with van der Waals surface area (Å²) in [5, 5.41) is 7.29. The lowest BCUT2D eigenvalue weighted by Gasteiger charge is -2.44. The number of primary amides is 1. The SMILES string of the molecule is CCC(=O)N(c1cccnc1)c1cc(C2CC(OC(=O)C3CCCCC3)(C(N)=O)C2)[nH]n1. The van der Waals surface area contributed by atoms with Crippen LogP contribution in [0.2, 0.25) is 0 Å². The molecule has 9 heteroatoms. The fraction of sp³-hybridized carbons (Fsp3) is 0.522. The van der Waals surface area contributed by atoms with Crippen molar-refractivity contribution >= 4 is 29.3 Å². The Balaban J connectivity index is 1.47. The van der Waals surface area contributed by atoms with Gasteiger partial charge in [0.15, 0.2) is 11.4 Å². The van der Waals surface area contributed by atoms with Crippen molar-refractivity contribution in [3.05, 3.63) is 36.3 Å². The molecule has 2 aromatic rings. The van der Waals surface area contributed by atoms with Crippen molar-refractivity contribution in [2.24, 2.45) is 11.7 Å². The number of nitrogens with zero attached hydrogens (tertiary/aromatic N) is 3. The summed E-state index contributed by atoms with van der Waals surface area (Å²) >= 11 is 0. The molecule has 2 aliphatic carbocycles. The fourth-order valence-corrected chi connectivity index (χ4v) is 4.60. The van der Waals surface area contributed by atoms with Gasteiger partial charge in [-0.15, -0.1) is 0 Å². The van der Waals surface area contributed by atoms with Gasteiger partial charge in [-0.3, -0.25) is 29.4 Å². The van der Waals surface area contributed by atoms with Crippen LogP contribution in [0.15, 0.2) is 30.6 Å². The number of nitrogens with two attached hydrogens (primary N) is 1. The molecule has 2 fully saturated rings. The highest BCUT2D eigenvalue weighted by Gasteiger charge is 2.54. The molecule has 2 amide bonds. The third-order valence-corrected chi connectivity index (χ3v) is 6.54. The summed E-state index contributed by atoms with van der Waals surface area (Å²) in [6.45, 7) is 1.78. The van der Waals surface area contributed by atoms with E-state index in [1.54, 1.807) is 37.5 Å². The Morgan fingerprint density at radius 1 is 1.25 bits per heavy atom. The van der Waals surface area contributed by atoms with E-state index < -0.39 is 11.5 Å². The summed E-state index contributed by atoms with van der Waals surface area (Å²) < 4.78 is 5.69. The number of aromatic nitrogens is 3. The first-order valence-electron chi connectivity index (χ1n) is 11.2. The maximum Gasteiger partial charge on any atom is 0.309 e. The third-order valence-electron chi connectivity index (χ3n) is 6.54. The van der Waals surface area contributed by atoms with Crippen LogP contribution >= 0.6 is 0 Å². The molecule has 170 valence electrons. The van der Waals surface area contributed by atoms with E-state index in [-0.39, 0.29) is 23.7 Å². The molecule has 0 radical (unpaired) electrons. The van der Waals surface area contributed by atoms with Crippen LogP contribution < -0.4 is 10.6 Å². The van der Waals surface area contributed by atoms with Gasteiger partial charge < -0.3 is 10.5 Å². The van der Waals surface area contributed by atoms with Crippen LogP contribution in [0.4, 0.5) is 11.5 Å². The molecule has 0 saturated heterocycles. The van der Waals surface area contributed by atoms with Gasteiger partial charge in [-0.05, 0) is 25.0 Å². The summed E-state index contributed by atoms with van der Waals surface area (Å²) in [5.74, 6) is -0.811. The first-order chi connectivity index (χ1) is 15.4. The lowest BCUT2D eigenvalue weighted by molar-refractivity contribution is -0.183. The number of amides is 2. The zero-order chi connectivity index (χ0) is 22.7. The van der Waals surface area contributed by atoms with E-state index in [1.807, 2.05) is 0 Å². The van der Waals surface area contributed by atoms with E-state index >= 15 is 0 Å². The second-order valence-electron chi connectivity index (χ2n) is 8.70.